The molecule has 180 valence electrons. The lowest BCUT2D eigenvalue weighted by Gasteiger charge is -2.43. The zero-order chi connectivity index (χ0) is 24.9. The number of benzene rings is 1. The van der Waals surface area contributed by atoms with Crippen LogP contribution in [0.5, 0.6) is 0 Å². The number of pyridine rings is 2. The van der Waals surface area contributed by atoms with E-state index in [1.54, 1.807) is 60.4 Å². The molecule has 1 aliphatic rings. The van der Waals surface area contributed by atoms with Crippen LogP contribution in [0.15, 0.2) is 67.0 Å². The van der Waals surface area contributed by atoms with Gasteiger partial charge in [0.15, 0.2) is 11.6 Å². The monoisotopic (exact) mass is 474 g/mol. The maximum absolute atomic E-state index is 14.7. The number of ketones is 2. The van der Waals surface area contributed by atoms with E-state index in [0.29, 0.717) is 11.1 Å². The predicted molar refractivity (Wildman–Crippen MR) is 128 cm³/mol. The van der Waals surface area contributed by atoms with Crippen molar-refractivity contribution in [2.75, 3.05) is 26.7 Å². The lowest BCUT2D eigenvalue weighted by Crippen LogP contribution is -2.52. The Kier molecular flexibility index (Phi) is 7.41. The number of aromatic nitrogens is 2. The van der Waals surface area contributed by atoms with Gasteiger partial charge < -0.3 is 5.32 Å². The van der Waals surface area contributed by atoms with Crippen LogP contribution in [-0.2, 0) is 4.79 Å². The summed E-state index contributed by atoms with van der Waals surface area (Å²) in [4.78, 5) is 50.0. The van der Waals surface area contributed by atoms with Crippen molar-refractivity contribution in [3.8, 4) is 0 Å². The van der Waals surface area contributed by atoms with Gasteiger partial charge >= 0.3 is 0 Å². The SMILES string of the molecule is CNC(=O)CN1CC(C(=O)c2ccccn2)C(c2cccc(F)c2C)C(C(=O)c2ccccn2)C1. The number of halogens is 1. The molecule has 1 aliphatic heterocycles. The Hall–Kier alpha value is -3.78. The van der Waals surface area contributed by atoms with Gasteiger partial charge in [-0.25, -0.2) is 4.39 Å². The van der Waals surface area contributed by atoms with E-state index in [4.69, 9.17) is 0 Å². The van der Waals surface area contributed by atoms with Gasteiger partial charge in [0, 0.05) is 50.3 Å². The molecule has 35 heavy (non-hydrogen) atoms. The third-order valence-electron chi connectivity index (χ3n) is 6.60. The number of carbonyl (C=O) groups is 3. The normalized spacial score (nSPS) is 20.3. The Labute approximate surface area is 203 Å². The van der Waals surface area contributed by atoms with E-state index in [2.05, 4.69) is 15.3 Å². The first-order valence-corrected chi connectivity index (χ1v) is 11.5. The topological polar surface area (TPSA) is 92.3 Å². The Morgan fingerprint density at radius 1 is 0.914 bits per heavy atom. The van der Waals surface area contributed by atoms with Crippen molar-refractivity contribution < 1.29 is 18.8 Å². The quantitative estimate of drug-likeness (QED) is 0.529. The molecular weight excluding hydrogens is 447 g/mol. The van der Waals surface area contributed by atoms with Gasteiger partial charge in [0.25, 0.3) is 0 Å². The van der Waals surface area contributed by atoms with Crippen LogP contribution in [0.1, 0.15) is 38.0 Å². The van der Waals surface area contributed by atoms with Crippen molar-refractivity contribution >= 4 is 17.5 Å². The first-order valence-electron chi connectivity index (χ1n) is 11.5. The average molecular weight is 475 g/mol. The number of likely N-dealkylation sites (N-methyl/N-ethyl adjacent to an activating group) is 1. The van der Waals surface area contributed by atoms with Gasteiger partial charge in [-0.1, -0.05) is 24.3 Å². The molecule has 2 atom stereocenters. The van der Waals surface area contributed by atoms with Crippen LogP contribution in [-0.4, -0.2) is 59.0 Å². The van der Waals surface area contributed by atoms with E-state index < -0.39 is 23.6 Å². The van der Waals surface area contributed by atoms with Crippen LogP contribution in [0, 0.1) is 24.6 Å². The number of likely N-dealkylation sites (tertiary alicyclic amines) is 1. The number of nitrogens with one attached hydrogen (secondary N) is 1. The van der Waals surface area contributed by atoms with Crippen molar-refractivity contribution in [1.29, 1.82) is 0 Å². The molecule has 1 saturated heterocycles. The number of amides is 1. The summed E-state index contributed by atoms with van der Waals surface area (Å²) in [6, 6.07) is 14.9. The molecule has 1 N–H and O–H groups in total. The lowest BCUT2D eigenvalue weighted by molar-refractivity contribution is -0.122. The molecule has 1 aromatic carbocycles. The number of rotatable bonds is 7. The number of hydrogen-bond acceptors (Lipinski definition) is 6. The first kappa shape index (κ1) is 24.3. The molecule has 0 aliphatic carbocycles. The third-order valence-corrected chi connectivity index (χ3v) is 6.60. The van der Waals surface area contributed by atoms with E-state index in [1.807, 2.05) is 0 Å². The maximum atomic E-state index is 14.7. The molecule has 0 bridgehead atoms. The second-order valence-corrected chi connectivity index (χ2v) is 8.72. The van der Waals surface area contributed by atoms with Crippen LogP contribution in [0.2, 0.25) is 0 Å². The minimum absolute atomic E-state index is 0.0311. The summed E-state index contributed by atoms with van der Waals surface area (Å²) in [5, 5.41) is 2.60. The molecule has 3 aromatic rings. The van der Waals surface area contributed by atoms with Crippen LogP contribution < -0.4 is 5.32 Å². The van der Waals surface area contributed by atoms with Gasteiger partial charge in [0.2, 0.25) is 5.91 Å². The predicted octanol–water partition coefficient (Wildman–Crippen LogP) is 3.07. The Bertz CT molecular complexity index is 1160. The van der Waals surface area contributed by atoms with Gasteiger partial charge in [-0.15, -0.1) is 0 Å². The number of piperidine rings is 1. The van der Waals surface area contributed by atoms with Crippen LogP contribution in [0.25, 0.3) is 0 Å². The van der Waals surface area contributed by atoms with Crippen molar-refractivity contribution in [3.63, 3.8) is 0 Å². The average Bonchev–Trinajstić information content (AvgIpc) is 2.90. The van der Waals surface area contributed by atoms with Crippen molar-refractivity contribution in [2.24, 2.45) is 11.8 Å². The van der Waals surface area contributed by atoms with Crippen molar-refractivity contribution in [1.82, 2.24) is 20.2 Å². The molecule has 2 aromatic heterocycles. The first-order chi connectivity index (χ1) is 16.9. The number of nitrogens with zero attached hydrogens (tertiary/aromatic N) is 3. The largest absolute Gasteiger partial charge is 0.358 e. The van der Waals surface area contributed by atoms with Gasteiger partial charge in [0.05, 0.1) is 6.54 Å². The maximum Gasteiger partial charge on any atom is 0.233 e. The molecule has 7 nitrogen and oxygen atoms in total. The molecule has 3 heterocycles. The van der Waals surface area contributed by atoms with Crippen molar-refractivity contribution in [3.05, 3.63) is 95.3 Å². The van der Waals surface area contributed by atoms with Gasteiger partial charge in [-0.05, 0) is 48.4 Å². The minimum Gasteiger partial charge on any atom is -0.358 e. The smallest absolute Gasteiger partial charge is 0.233 e. The zero-order valence-electron chi connectivity index (χ0n) is 19.6. The second kappa shape index (κ2) is 10.7. The van der Waals surface area contributed by atoms with Crippen LogP contribution in [0.3, 0.4) is 0 Å². The summed E-state index contributed by atoms with van der Waals surface area (Å²) in [5.74, 6) is -3.18. The summed E-state index contributed by atoms with van der Waals surface area (Å²) < 4.78 is 14.7. The number of carbonyl (C=O) groups excluding carboxylic acids is 3. The molecule has 2 unspecified atom stereocenters. The van der Waals surface area contributed by atoms with Crippen molar-refractivity contribution in [2.45, 2.75) is 12.8 Å². The van der Waals surface area contributed by atoms with E-state index in [9.17, 15) is 18.8 Å². The lowest BCUT2D eigenvalue weighted by atomic mass is 9.68. The van der Waals surface area contributed by atoms with E-state index in [0.717, 1.165) is 0 Å². The van der Waals surface area contributed by atoms with Crippen LogP contribution >= 0.6 is 0 Å². The van der Waals surface area contributed by atoms with E-state index in [1.165, 1.54) is 25.5 Å². The highest BCUT2D eigenvalue weighted by Gasteiger charge is 2.46. The Balaban J connectivity index is 1.85. The van der Waals surface area contributed by atoms with Gasteiger partial charge in [-0.3, -0.25) is 29.3 Å². The van der Waals surface area contributed by atoms with E-state index >= 15 is 0 Å². The minimum atomic E-state index is -0.721. The summed E-state index contributed by atoms with van der Waals surface area (Å²) in [6.45, 7) is 2.15. The second-order valence-electron chi connectivity index (χ2n) is 8.72. The number of hydrogen-bond donors (Lipinski definition) is 1. The summed E-state index contributed by atoms with van der Waals surface area (Å²) >= 11 is 0. The molecule has 8 heteroatoms. The highest BCUT2D eigenvalue weighted by Crippen LogP contribution is 2.42. The Morgan fingerprint density at radius 2 is 1.49 bits per heavy atom. The highest BCUT2D eigenvalue weighted by molar-refractivity contribution is 6.00. The Morgan fingerprint density at radius 3 is 1.97 bits per heavy atom. The summed E-state index contributed by atoms with van der Waals surface area (Å²) in [7, 11) is 1.54. The molecule has 0 saturated carbocycles. The fourth-order valence-electron chi connectivity index (χ4n) is 4.86. The fourth-order valence-corrected chi connectivity index (χ4v) is 4.86. The molecule has 0 radical (unpaired) electrons. The summed E-state index contributed by atoms with van der Waals surface area (Å²) in [6.07, 6.45) is 3.08. The highest BCUT2D eigenvalue weighted by atomic mass is 19.1. The zero-order valence-corrected chi connectivity index (χ0v) is 19.6. The van der Waals surface area contributed by atoms with E-state index in [-0.39, 0.29) is 48.5 Å². The summed E-state index contributed by atoms with van der Waals surface area (Å²) in [5.41, 5.74) is 1.54. The number of Topliss-reactive ketones (excluding diaryl/α,β-unsaturated/α-hetero) is 2. The van der Waals surface area contributed by atoms with Gasteiger partial charge in [-0.2, -0.15) is 0 Å². The van der Waals surface area contributed by atoms with Gasteiger partial charge in [0.1, 0.15) is 17.2 Å². The molecular formula is C27H27FN4O3. The fraction of sp³-hybridized carbons (Fsp3) is 0.296. The third kappa shape index (κ3) is 5.17. The molecule has 4 rings (SSSR count). The molecule has 1 amide bonds. The molecule has 1 fully saturated rings. The van der Waals surface area contributed by atoms with Crippen LogP contribution in [0.4, 0.5) is 4.39 Å². The standard InChI is InChI=1S/C27H27FN4O3/c1-17-18(8-7-9-21(17)28)25-19(26(34)22-10-3-5-12-30-22)14-32(16-24(33)29-2)15-20(25)27(35)23-11-4-6-13-31-23/h3-13,19-20,25H,14-16H2,1-2H3,(H,29,33). The molecule has 0 spiro atoms.